The van der Waals surface area contributed by atoms with E-state index in [1.165, 1.54) is 12.8 Å². The number of nitrogens with one attached hydrogen (secondary N) is 1. The molecule has 8 nitrogen and oxygen atoms in total. The Morgan fingerprint density at radius 3 is 2.76 bits per heavy atom. The van der Waals surface area contributed by atoms with Crippen molar-refractivity contribution in [2.45, 2.75) is 38.8 Å². The molecule has 3 heterocycles. The molecule has 0 aliphatic heterocycles. The smallest absolute Gasteiger partial charge is 0.163 e. The van der Waals surface area contributed by atoms with E-state index in [0.29, 0.717) is 24.9 Å². The molecule has 2 atom stereocenters. The molecule has 0 saturated heterocycles. The lowest BCUT2D eigenvalue weighted by Gasteiger charge is -2.19. The Labute approximate surface area is 193 Å². The van der Waals surface area contributed by atoms with Gasteiger partial charge in [-0.2, -0.15) is 10.2 Å². The Morgan fingerprint density at radius 2 is 2.00 bits per heavy atom. The number of methoxy groups -OCH3 is 1. The zero-order chi connectivity index (χ0) is 22.8. The molecular weight excluding hydrogens is 416 g/mol. The predicted octanol–water partition coefficient (Wildman–Crippen LogP) is 4.79. The van der Waals surface area contributed by atoms with Gasteiger partial charge in [-0.3, -0.25) is 4.68 Å². The maximum absolute atomic E-state index is 6.49. The first-order chi connectivity index (χ1) is 16.1. The number of aromatic nitrogens is 5. The van der Waals surface area contributed by atoms with E-state index in [9.17, 15) is 0 Å². The average Bonchev–Trinajstić information content (AvgIpc) is 3.53. The molecule has 1 aromatic carbocycles. The van der Waals surface area contributed by atoms with Gasteiger partial charge in [-0.25, -0.2) is 9.67 Å². The maximum Gasteiger partial charge on any atom is 0.163 e. The van der Waals surface area contributed by atoms with E-state index in [1.54, 1.807) is 11.8 Å². The molecule has 3 aromatic heterocycles. The molecule has 4 aromatic rings. The molecule has 1 aliphatic carbocycles. The topological polar surface area (TPSA) is 79.0 Å². The van der Waals surface area contributed by atoms with Crippen molar-refractivity contribution in [1.82, 2.24) is 24.5 Å². The van der Waals surface area contributed by atoms with Crippen LogP contribution in [0.1, 0.15) is 26.2 Å². The first-order valence-corrected chi connectivity index (χ1v) is 11.5. The number of anilines is 2. The number of hydrogen-bond acceptors (Lipinski definition) is 6. The van der Waals surface area contributed by atoms with Gasteiger partial charge in [0.05, 0.1) is 30.4 Å². The summed E-state index contributed by atoms with van der Waals surface area (Å²) in [6.07, 6.45) is 5.55. The van der Waals surface area contributed by atoms with E-state index < -0.39 is 0 Å². The van der Waals surface area contributed by atoms with Crippen LogP contribution in [-0.2, 0) is 18.3 Å². The third kappa shape index (κ3) is 4.43. The zero-order valence-electron chi connectivity index (χ0n) is 19.4. The maximum atomic E-state index is 6.49. The van der Waals surface area contributed by atoms with E-state index in [1.807, 2.05) is 48.3 Å². The van der Waals surface area contributed by atoms with Crippen LogP contribution in [-0.4, -0.2) is 44.4 Å². The van der Waals surface area contributed by atoms with Gasteiger partial charge in [0.2, 0.25) is 0 Å². The quantitative estimate of drug-likeness (QED) is 0.419. The van der Waals surface area contributed by atoms with Crippen LogP contribution in [0.15, 0.2) is 48.7 Å². The highest BCUT2D eigenvalue weighted by molar-refractivity contribution is 5.84. The second-order valence-corrected chi connectivity index (χ2v) is 8.70. The molecule has 5 rings (SSSR count). The van der Waals surface area contributed by atoms with E-state index in [2.05, 4.69) is 29.5 Å². The summed E-state index contributed by atoms with van der Waals surface area (Å²) in [7, 11) is 3.59. The Bertz CT molecular complexity index is 1230. The lowest BCUT2D eigenvalue weighted by molar-refractivity contribution is 0.170. The summed E-state index contributed by atoms with van der Waals surface area (Å²) < 4.78 is 15.5. The van der Waals surface area contributed by atoms with Gasteiger partial charge in [-0.05, 0) is 25.2 Å². The average molecular weight is 447 g/mol. The number of hydrogen-bond donors (Lipinski definition) is 1. The highest BCUT2D eigenvalue weighted by atomic mass is 16.5. The van der Waals surface area contributed by atoms with Crippen molar-refractivity contribution in [2.24, 2.45) is 13.0 Å². The van der Waals surface area contributed by atoms with Gasteiger partial charge in [0.15, 0.2) is 5.65 Å². The van der Waals surface area contributed by atoms with Gasteiger partial charge in [0, 0.05) is 31.9 Å². The first kappa shape index (κ1) is 21.5. The number of fused-ring (bicyclic) bond motifs is 1. The van der Waals surface area contributed by atoms with Crippen molar-refractivity contribution in [2.75, 3.05) is 19.0 Å². The van der Waals surface area contributed by atoms with Gasteiger partial charge in [-0.1, -0.05) is 37.3 Å². The highest BCUT2D eigenvalue weighted by Crippen LogP contribution is 2.35. The Hall–Kier alpha value is -3.39. The van der Waals surface area contributed by atoms with Crippen LogP contribution in [0.4, 0.5) is 11.6 Å². The minimum absolute atomic E-state index is 0.223. The summed E-state index contributed by atoms with van der Waals surface area (Å²) in [5.74, 6) is 2.91. The number of rotatable bonds is 8. The highest BCUT2D eigenvalue weighted by Gasteiger charge is 2.26. The van der Waals surface area contributed by atoms with Crippen molar-refractivity contribution >= 4 is 22.7 Å². The second-order valence-electron chi connectivity index (χ2n) is 8.70. The van der Waals surface area contributed by atoms with Crippen molar-refractivity contribution in [3.8, 4) is 17.0 Å². The van der Waals surface area contributed by atoms with Crippen molar-refractivity contribution in [3.05, 3.63) is 48.7 Å². The third-order valence-electron chi connectivity index (χ3n) is 6.34. The molecule has 2 unspecified atom stereocenters. The van der Waals surface area contributed by atoms with Crippen LogP contribution in [0.3, 0.4) is 0 Å². The van der Waals surface area contributed by atoms with E-state index in [0.717, 1.165) is 40.3 Å². The molecular formula is C25H30N6O2. The van der Waals surface area contributed by atoms with Crippen LogP contribution in [0.2, 0.25) is 0 Å². The minimum atomic E-state index is 0.223. The fourth-order valence-electron chi connectivity index (χ4n) is 4.44. The SMILES string of the molecule is COCCn1nc(-c2ccccc2)cc1Nc1cc(OC2CCCC2C)c2cnn(C)c2n1. The third-order valence-corrected chi connectivity index (χ3v) is 6.34. The van der Waals surface area contributed by atoms with Crippen molar-refractivity contribution in [1.29, 1.82) is 0 Å². The Morgan fingerprint density at radius 1 is 1.15 bits per heavy atom. The van der Waals surface area contributed by atoms with Gasteiger partial charge in [0.1, 0.15) is 23.5 Å². The van der Waals surface area contributed by atoms with Gasteiger partial charge in [-0.15, -0.1) is 0 Å². The fraction of sp³-hybridized carbons (Fsp3) is 0.400. The normalized spacial score (nSPS) is 18.2. The monoisotopic (exact) mass is 446 g/mol. The molecule has 1 saturated carbocycles. The summed E-state index contributed by atoms with van der Waals surface area (Å²) in [5, 5.41) is 13.6. The predicted molar refractivity (Wildman–Crippen MR) is 129 cm³/mol. The molecule has 8 heteroatoms. The zero-order valence-corrected chi connectivity index (χ0v) is 19.4. The molecule has 33 heavy (non-hydrogen) atoms. The number of pyridine rings is 1. The van der Waals surface area contributed by atoms with E-state index in [4.69, 9.17) is 19.6 Å². The van der Waals surface area contributed by atoms with Crippen molar-refractivity contribution < 1.29 is 9.47 Å². The summed E-state index contributed by atoms with van der Waals surface area (Å²) in [5.41, 5.74) is 2.74. The molecule has 0 spiro atoms. The van der Waals surface area contributed by atoms with Crippen LogP contribution in [0, 0.1) is 5.92 Å². The lowest BCUT2D eigenvalue weighted by Crippen LogP contribution is -2.19. The largest absolute Gasteiger partial charge is 0.489 e. The standard InChI is InChI=1S/C25H30N6O2/c1-17-8-7-11-21(17)33-22-15-23(28-25-19(22)16-26-30(25)2)27-24-14-20(18-9-5-4-6-10-18)29-31(24)12-13-32-3/h4-6,9-10,14-17,21H,7-8,11-13H2,1-3H3,(H,27,28). The van der Waals surface area contributed by atoms with Gasteiger partial charge < -0.3 is 14.8 Å². The number of nitrogens with zero attached hydrogens (tertiary/aromatic N) is 5. The van der Waals surface area contributed by atoms with E-state index in [-0.39, 0.29) is 6.10 Å². The number of aryl methyl sites for hydroxylation is 1. The van der Waals surface area contributed by atoms with Crippen LogP contribution >= 0.6 is 0 Å². The molecule has 0 radical (unpaired) electrons. The van der Waals surface area contributed by atoms with Crippen molar-refractivity contribution in [3.63, 3.8) is 0 Å². The molecule has 0 amide bonds. The molecule has 0 bridgehead atoms. The first-order valence-electron chi connectivity index (χ1n) is 11.5. The van der Waals surface area contributed by atoms with Gasteiger partial charge >= 0.3 is 0 Å². The van der Waals surface area contributed by atoms with Crippen LogP contribution < -0.4 is 10.1 Å². The molecule has 172 valence electrons. The Balaban J connectivity index is 1.50. The Kier molecular flexibility index (Phi) is 6.00. The minimum Gasteiger partial charge on any atom is -0.489 e. The molecule has 1 N–H and O–H groups in total. The summed E-state index contributed by atoms with van der Waals surface area (Å²) in [6.45, 7) is 3.45. The summed E-state index contributed by atoms with van der Waals surface area (Å²) in [4.78, 5) is 4.82. The summed E-state index contributed by atoms with van der Waals surface area (Å²) in [6, 6.07) is 14.2. The van der Waals surface area contributed by atoms with E-state index >= 15 is 0 Å². The van der Waals surface area contributed by atoms with Crippen LogP contribution in [0.25, 0.3) is 22.3 Å². The van der Waals surface area contributed by atoms with Crippen LogP contribution in [0.5, 0.6) is 5.75 Å². The fourth-order valence-corrected chi connectivity index (χ4v) is 4.44. The summed E-state index contributed by atoms with van der Waals surface area (Å²) >= 11 is 0. The molecule has 1 fully saturated rings. The van der Waals surface area contributed by atoms with Gasteiger partial charge in [0.25, 0.3) is 0 Å². The lowest BCUT2D eigenvalue weighted by atomic mass is 10.1. The second kappa shape index (κ2) is 9.23. The number of ether oxygens (including phenoxy) is 2. The molecule has 1 aliphatic rings. The number of benzene rings is 1.